The maximum Gasteiger partial charge on any atom is 0.273 e. The summed E-state index contributed by atoms with van der Waals surface area (Å²) in [5, 5.41) is 11.2. The van der Waals surface area contributed by atoms with Gasteiger partial charge in [-0.15, -0.1) is 0 Å². The molecule has 0 aliphatic carbocycles. The molecule has 0 unspecified atom stereocenters. The fraction of sp³-hybridized carbons (Fsp3) is 0.571. The molecule has 8 heteroatoms. The molecule has 22 heavy (non-hydrogen) atoms. The van der Waals surface area contributed by atoms with E-state index in [0.717, 1.165) is 0 Å². The van der Waals surface area contributed by atoms with Crippen LogP contribution in [0.4, 0.5) is 11.4 Å². The highest BCUT2D eigenvalue weighted by molar-refractivity contribution is 7.92. The molecular weight excluding hydrogens is 328 g/mol. The molecular formula is C14H19ClN2O4S. The first-order valence-electron chi connectivity index (χ1n) is 6.97. The summed E-state index contributed by atoms with van der Waals surface area (Å²) in [6, 6.07) is 2.99. The lowest BCUT2D eigenvalue weighted by molar-refractivity contribution is -0.385. The van der Waals surface area contributed by atoms with E-state index < -0.39 is 19.5 Å². The maximum absolute atomic E-state index is 12.2. The van der Waals surface area contributed by atoms with Gasteiger partial charge in [-0.05, 0) is 33.3 Å². The van der Waals surface area contributed by atoms with Gasteiger partial charge in [-0.2, -0.15) is 0 Å². The third-order valence-corrected chi connectivity index (χ3v) is 7.17. The molecule has 1 aliphatic heterocycles. The van der Waals surface area contributed by atoms with Gasteiger partial charge in [0.1, 0.15) is 0 Å². The maximum atomic E-state index is 12.2. The van der Waals surface area contributed by atoms with Crippen LogP contribution in [0, 0.1) is 17.0 Å². The van der Waals surface area contributed by atoms with E-state index in [1.165, 1.54) is 6.07 Å². The van der Waals surface area contributed by atoms with Crippen molar-refractivity contribution < 1.29 is 13.3 Å². The second-order valence-electron chi connectivity index (χ2n) is 6.16. The molecule has 0 N–H and O–H groups in total. The summed E-state index contributed by atoms with van der Waals surface area (Å²) in [5.74, 6) is 0.0480. The Hall–Kier alpha value is -1.34. The molecule has 0 saturated carbocycles. The number of benzene rings is 1. The summed E-state index contributed by atoms with van der Waals surface area (Å²) < 4.78 is 23.7. The fourth-order valence-corrected chi connectivity index (χ4v) is 4.21. The average molecular weight is 347 g/mol. The monoisotopic (exact) mass is 346 g/mol. The highest BCUT2D eigenvalue weighted by atomic mass is 35.5. The molecule has 0 radical (unpaired) electrons. The lowest BCUT2D eigenvalue weighted by Crippen LogP contribution is -2.33. The molecule has 6 nitrogen and oxygen atoms in total. The van der Waals surface area contributed by atoms with Crippen molar-refractivity contribution in [1.82, 2.24) is 0 Å². The van der Waals surface area contributed by atoms with Crippen LogP contribution < -0.4 is 4.90 Å². The second kappa shape index (κ2) is 5.70. The number of anilines is 1. The minimum atomic E-state index is -3.18. The molecule has 1 aliphatic rings. The quantitative estimate of drug-likeness (QED) is 0.607. The summed E-state index contributed by atoms with van der Waals surface area (Å²) in [4.78, 5) is 12.4. The Morgan fingerprint density at radius 2 is 1.95 bits per heavy atom. The average Bonchev–Trinajstić information content (AvgIpc) is 2.50. The highest BCUT2D eigenvalue weighted by Crippen LogP contribution is 2.35. The predicted molar refractivity (Wildman–Crippen MR) is 87.5 cm³/mol. The Bertz CT molecular complexity index is 716. The number of hydrogen-bond donors (Lipinski definition) is 0. The van der Waals surface area contributed by atoms with Crippen molar-refractivity contribution in [3.8, 4) is 0 Å². The van der Waals surface area contributed by atoms with Crippen LogP contribution in [0.25, 0.3) is 0 Å². The molecule has 0 atom stereocenters. The van der Waals surface area contributed by atoms with E-state index in [2.05, 4.69) is 0 Å². The third-order valence-electron chi connectivity index (χ3n) is 4.26. The second-order valence-corrected chi connectivity index (χ2v) is 9.31. The van der Waals surface area contributed by atoms with Gasteiger partial charge in [0.25, 0.3) is 5.69 Å². The molecule has 1 heterocycles. The minimum absolute atomic E-state index is 0.0310. The van der Waals surface area contributed by atoms with Crippen LogP contribution in [0.5, 0.6) is 0 Å². The number of nitrogens with zero attached hydrogens (tertiary/aromatic N) is 2. The third kappa shape index (κ3) is 3.05. The van der Waals surface area contributed by atoms with Crippen LogP contribution in [0.2, 0.25) is 5.02 Å². The Balaban J connectivity index is 2.38. The topological polar surface area (TPSA) is 80.5 Å². The van der Waals surface area contributed by atoms with Crippen molar-refractivity contribution in [2.45, 2.75) is 31.9 Å². The van der Waals surface area contributed by atoms with Crippen molar-refractivity contribution in [2.75, 3.05) is 23.7 Å². The Morgan fingerprint density at radius 1 is 1.32 bits per heavy atom. The van der Waals surface area contributed by atoms with E-state index >= 15 is 0 Å². The first kappa shape index (κ1) is 17.0. The van der Waals surface area contributed by atoms with Crippen molar-refractivity contribution in [1.29, 1.82) is 0 Å². The van der Waals surface area contributed by atoms with Crippen LogP contribution in [-0.4, -0.2) is 36.9 Å². The summed E-state index contributed by atoms with van der Waals surface area (Å²) in [5.41, 5.74) is 1.13. The number of rotatable bonds is 2. The molecule has 1 aromatic carbocycles. The summed E-state index contributed by atoms with van der Waals surface area (Å²) >= 11 is 6.18. The zero-order valence-electron chi connectivity index (χ0n) is 12.8. The minimum Gasteiger partial charge on any atom is -0.369 e. The number of nitro benzene ring substituents is 1. The van der Waals surface area contributed by atoms with Gasteiger partial charge in [-0.25, -0.2) is 8.42 Å². The van der Waals surface area contributed by atoms with Crippen LogP contribution in [0.1, 0.15) is 25.8 Å². The lowest BCUT2D eigenvalue weighted by atomic mass is 10.1. The molecule has 1 saturated heterocycles. The van der Waals surface area contributed by atoms with Gasteiger partial charge in [-0.1, -0.05) is 11.6 Å². The molecule has 0 aromatic heterocycles. The normalized spacial score (nSPS) is 20.5. The fourth-order valence-electron chi connectivity index (χ4n) is 2.51. The number of nitro groups is 1. The van der Waals surface area contributed by atoms with E-state index in [-0.39, 0.29) is 16.5 Å². The zero-order chi connectivity index (χ0) is 16.7. The van der Waals surface area contributed by atoms with Gasteiger partial charge < -0.3 is 4.90 Å². The molecule has 0 amide bonds. The van der Waals surface area contributed by atoms with Crippen LogP contribution >= 0.6 is 11.6 Å². The van der Waals surface area contributed by atoms with Crippen molar-refractivity contribution >= 4 is 32.8 Å². The van der Waals surface area contributed by atoms with E-state index in [4.69, 9.17) is 11.6 Å². The van der Waals surface area contributed by atoms with Gasteiger partial charge in [0.2, 0.25) is 0 Å². The van der Waals surface area contributed by atoms with Gasteiger partial charge in [-0.3, -0.25) is 10.1 Å². The lowest BCUT2D eigenvalue weighted by Gasteiger charge is -2.25. The number of hydrogen-bond acceptors (Lipinski definition) is 5. The van der Waals surface area contributed by atoms with Gasteiger partial charge >= 0.3 is 0 Å². The SMILES string of the molecule is Cc1cc(N2CCC(C)(C)S(=O)(=O)CC2)c(Cl)cc1[N+](=O)[O-]. The summed E-state index contributed by atoms with van der Waals surface area (Å²) in [6.07, 6.45) is 0.488. The molecule has 0 bridgehead atoms. The van der Waals surface area contributed by atoms with E-state index in [9.17, 15) is 18.5 Å². The van der Waals surface area contributed by atoms with Crippen molar-refractivity contribution in [3.63, 3.8) is 0 Å². The molecule has 2 rings (SSSR count). The molecule has 1 aromatic rings. The van der Waals surface area contributed by atoms with Crippen LogP contribution in [-0.2, 0) is 9.84 Å². The van der Waals surface area contributed by atoms with Gasteiger partial charge in [0.05, 0.1) is 26.1 Å². The zero-order valence-corrected chi connectivity index (χ0v) is 14.4. The number of sulfone groups is 1. The van der Waals surface area contributed by atoms with Crippen LogP contribution in [0.3, 0.4) is 0 Å². The standard InChI is InChI=1S/C14H19ClN2O4S/c1-10-8-13(11(15)9-12(10)17(18)19)16-5-4-14(2,3)22(20,21)7-6-16/h8-9H,4-7H2,1-3H3. The first-order valence-corrected chi connectivity index (χ1v) is 9.00. The number of aryl methyl sites for hydroxylation is 1. The van der Waals surface area contributed by atoms with E-state index in [0.29, 0.717) is 30.8 Å². The molecule has 1 fully saturated rings. The predicted octanol–water partition coefficient (Wildman–Crippen LogP) is 2.96. The van der Waals surface area contributed by atoms with Crippen molar-refractivity contribution in [2.24, 2.45) is 0 Å². The Kier molecular flexibility index (Phi) is 4.41. The number of halogens is 1. The Morgan fingerprint density at radius 3 is 2.55 bits per heavy atom. The van der Waals surface area contributed by atoms with E-state index in [1.54, 1.807) is 26.8 Å². The van der Waals surface area contributed by atoms with Gasteiger partial charge in [0.15, 0.2) is 9.84 Å². The van der Waals surface area contributed by atoms with Gasteiger partial charge in [0, 0.05) is 24.7 Å². The largest absolute Gasteiger partial charge is 0.369 e. The van der Waals surface area contributed by atoms with E-state index in [1.807, 2.05) is 4.90 Å². The Labute approximate surface area is 135 Å². The smallest absolute Gasteiger partial charge is 0.273 e. The molecule has 0 spiro atoms. The van der Waals surface area contributed by atoms with Crippen LogP contribution in [0.15, 0.2) is 12.1 Å². The highest BCUT2D eigenvalue weighted by Gasteiger charge is 2.37. The first-order chi connectivity index (χ1) is 10.0. The molecule has 122 valence electrons. The van der Waals surface area contributed by atoms with Crippen molar-refractivity contribution in [3.05, 3.63) is 32.8 Å². The summed E-state index contributed by atoms with van der Waals surface area (Å²) in [6.45, 7) is 5.99. The summed E-state index contributed by atoms with van der Waals surface area (Å²) in [7, 11) is -3.18.